The normalized spacial score (nSPS) is 35.3. The second-order valence-electron chi connectivity index (χ2n) is 7.38. The average Bonchev–Trinajstić information content (AvgIpc) is 2.85. The maximum absolute atomic E-state index is 13.1. The second kappa shape index (κ2) is 8.23. The van der Waals surface area contributed by atoms with Gasteiger partial charge < -0.3 is 15.2 Å². The van der Waals surface area contributed by atoms with Crippen LogP contribution in [0.1, 0.15) is 33.9 Å². The van der Waals surface area contributed by atoms with Gasteiger partial charge in [0.15, 0.2) is 6.23 Å². The Balaban J connectivity index is 1.78. The summed E-state index contributed by atoms with van der Waals surface area (Å²) in [5.74, 6) is -0.464. The monoisotopic (exact) mass is 542 g/mol. The lowest BCUT2D eigenvalue weighted by Gasteiger charge is -2.36. The molecule has 29 heavy (non-hydrogen) atoms. The molecule has 1 aromatic heterocycles. The van der Waals surface area contributed by atoms with Gasteiger partial charge in [0.2, 0.25) is 0 Å². The summed E-state index contributed by atoms with van der Waals surface area (Å²) in [6.45, 7) is 6.73. The van der Waals surface area contributed by atoms with Crippen molar-refractivity contribution in [1.29, 1.82) is 0 Å². The molecule has 3 rings (SSSR count). The van der Waals surface area contributed by atoms with E-state index in [-0.39, 0.29) is 18.5 Å². The topological polar surface area (TPSA) is 144 Å². The number of carbonyl (C=O) groups is 1. The van der Waals surface area contributed by atoms with Gasteiger partial charge in [-0.15, -0.1) is 0 Å². The first-order valence-corrected chi connectivity index (χ1v) is 11.7. The Morgan fingerprint density at radius 3 is 2.83 bits per heavy atom. The summed E-state index contributed by atoms with van der Waals surface area (Å²) >= 11 is 2.11. The van der Waals surface area contributed by atoms with Gasteiger partial charge in [-0.2, -0.15) is 4.98 Å². The summed E-state index contributed by atoms with van der Waals surface area (Å²) in [6, 6.07) is 0.591. The number of esters is 1. The average molecular weight is 542 g/mol. The van der Waals surface area contributed by atoms with Crippen LogP contribution >= 0.6 is 30.3 Å². The summed E-state index contributed by atoms with van der Waals surface area (Å²) in [6.07, 6.45) is -0.784. The summed E-state index contributed by atoms with van der Waals surface area (Å²) in [7, 11) is -3.81. The number of rotatable bonds is 5. The molecule has 162 valence electrons. The van der Waals surface area contributed by atoms with Crippen LogP contribution in [0.5, 0.6) is 0 Å². The molecule has 0 amide bonds. The van der Waals surface area contributed by atoms with Crippen molar-refractivity contribution in [2.75, 3.05) is 12.3 Å². The summed E-state index contributed by atoms with van der Waals surface area (Å²) < 4.78 is 35.9. The molecule has 0 radical (unpaired) electrons. The van der Waals surface area contributed by atoms with Gasteiger partial charge in [0.25, 0.3) is 0 Å². The Hall–Kier alpha value is -1.05. The van der Waals surface area contributed by atoms with Crippen molar-refractivity contribution in [3.8, 4) is 0 Å². The highest BCUT2D eigenvalue weighted by Gasteiger charge is 2.59. The minimum atomic E-state index is -3.81. The first-order valence-electron chi connectivity index (χ1n) is 9.03. The van der Waals surface area contributed by atoms with Crippen molar-refractivity contribution in [3.05, 3.63) is 22.7 Å². The molecule has 0 bridgehead atoms. The Kier molecular flexibility index (Phi) is 6.42. The van der Waals surface area contributed by atoms with Crippen LogP contribution in [0.25, 0.3) is 0 Å². The number of anilines is 1. The fourth-order valence-corrected chi connectivity index (χ4v) is 6.11. The highest BCUT2D eigenvalue weighted by atomic mass is 127. The Morgan fingerprint density at radius 2 is 2.21 bits per heavy atom. The number of fused-ring (bicyclic) bond motifs is 1. The van der Waals surface area contributed by atoms with Crippen molar-refractivity contribution in [2.45, 2.75) is 61.7 Å². The number of carbonyl (C=O) groups excluding carboxylic acids is 1. The van der Waals surface area contributed by atoms with Crippen molar-refractivity contribution in [1.82, 2.24) is 14.6 Å². The van der Waals surface area contributed by atoms with E-state index in [9.17, 15) is 14.2 Å². The first-order chi connectivity index (χ1) is 13.4. The zero-order chi connectivity index (χ0) is 21.6. The molecule has 2 saturated heterocycles. The van der Waals surface area contributed by atoms with Gasteiger partial charge in [0.05, 0.1) is 16.1 Å². The van der Waals surface area contributed by atoms with Crippen molar-refractivity contribution >= 4 is 42.1 Å². The van der Waals surface area contributed by atoms with Gasteiger partial charge in [-0.25, -0.2) is 14.4 Å². The molecular formula is C16H24IN4O7P. The number of nitrogen functional groups attached to an aromatic ring is 1. The van der Waals surface area contributed by atoms with Crippen molar-refractivity contribution < 1.29 is 27.9 Å². The molecule has 13 heteroatoms. The maximum atomic E-state index is 13.1. The van der Waals surface area contributed by atoms with Gasteiger partial charge in [-0.1, -0.05) is 22.6 Å². The van der Waals surface area contributed by atoms with E-state index < -0.39 is 47.3 Å². The molecule has 3 heterocycles. The van der Waals surface area contributed by atoms with Crippen LogP contribution < -0.4 is 16.5 Å². The predicted molar refractivity (Wildman–Crippen MR) is 112 cm³/mol. The van der Waals surface area contributed by atoms with Crippen LogP contribution in [0, 0.1) is 0 Å². The Labute approximate surface area is 181 Å². The van der Waals surface area contributed by atoms with E-state index in [4.69, 9.17) is 24.3 Å². The third-order valence-electron chi connectivity index (χ3n) is 4.50. The number of hydrogen-bond donors (Lipinski definition) is 2. The van der Waals surface area contributed by atoms with Crippen LogP contribution in [0.4, 0.5) is 5.82 Å². The minimum absolute atomic E-state index is 0.0346. The quantitative estimate of drug-likeness (QED) is 0.242. The lowest BCUT2D eigenvalue weighted by molar-refractivity contribution is -0.149. The van der Waals surface area contributed by atoms with E-state index in [0.717, 1.165) is 0 Å². The zero-order valence-electron chi connectivity index (χ0n) is 16.4. The molecule has 0 spiro atoms. The molecule has 6 atom stereocenters. The molecule has 0 aliphatic carbocycles. The fourth-order valence-electron chi connectivity index (χ4n) is 3.16. The van der Waals surface area contributed by atoms with Gasteiger partial charge in [-0.3, -0.25) is 18.4 Å². The second-order valence-corrected chi connectivity index (χ2v) is 11.4. The minimum Gasteiger partial charge on any atom is -0.462 e. The lowest BCUT2D eigenvalue weighted by atomic mass is 10.0. The van der Waals surface area contributed by atoms with Crippen LogP contribution in [0.3, 0.4) is 0 Å². The van der Waals surface area contributed by atoms with Crippen LogP contribution in [0.2, 0.25) is 0 Å². The summed E-state index contributed by atoms with van der Waals surface area (Å²) in [5, 5.41) is 2.60. The molecule has 11 nitrogen and oxygen atoms in total. The third kappa shape index (κ3) is 4.67. The molecule has 1 aromatic rings. The molecule has 0 aromatic carbocycles. The Morgan fingerprint density at radius 1 is 1.52 bits per heavy atom. The van der Waals surface area contributed by atoms with Crippen LogP contribution in [-0.2, 0) is 27.9 Å². The molecule has 2 aliphatic rings. The molecule has 2 fully saturated rings. The van der Waals surface area contributed by atoms with Gasteiger partial charge >= 0.3 is 19.4 Å². The van der Waals surface area contributed by atoms with E-state index in [1.807, 2.05) is 6.92 Å². The molecular weight excluding hydrogens is 518 g/mol. The number of aromatic nitrogens is 2. The largest absolute Gasteiger partial charge is 0.462 e. The van der Waals surface area contributed by atoms with Gasteiger partial charge in [0.1, 0.15) is 24.1 Å². The number of ether oxygens (including phenoxy) is 2. The van der Waals surface area contributed by atoms with Crippen LogP contribution in [-0.4, -0.2) is 49.9 Å². The van der Waals surface area contributed by atoms with Gasteiger partial charge in [0, 0.05) is 6.20 Å². The maximum Gasteiger partial charge on any atom is 0.406 e. The number of nitrogens with two attached hydrogens (primary N) is 1. The molecule has 0 saturated carbocycles. The van der Waals surface area contributed by atoms with E-state index in [1.165, 1.54) is 23.8 Å². The number of alkyl halides is 1. The summed E-state index contributed by atoms with van der Waals surface area (Å²) in [5.41, 5.74) is 4.99. The van der Waals surface area contributed by atoms with E-state index in [0.29, 0.717) is 0 Å². The lowest BCUT2D eigenvalue weighted by Crippen LogP contribution is -2.47. The van der Waals surface area contributed by atoms with Crippen molar-refractivity contribution in [2.24, 2.45) is 0 Å². The van der Waals surface area contributed by atoms with E-state index >= 15 is 0 Å². The predicted octanol–water partition coefficient (Wildman–Crippen LogP) is 1.37. The fraction of sp³-hybridized carbons (Fsp3) is 0.688. The van der Waals surface area contributed by atoms with E-state index in [1.54, 1.807) is 13.8 Å². The third-order valence-corrected chi connectivity index (χ3v) is 7.35. The smallest absolute Gasteiger partial charge is 0.406 e. The molecule has 0 unspecified atom stereocenters. The molecule has 2 aliphatic heterocycles. The molecule has 3 N–H and O–H groups in total. The highest BCUT2D eigenvalue weighted by molar-refractivity contribution is 14.1. The Bertz CT molecular complexity index is 892. The van der Waals surface area contributed by atoms with Crippen LogP contribution in [0.15, 0.2) is 17.1 Å². The highest BCUT2D eigenvalue weighted by Crippen LogP contribution is 2.58. The van der Waals surface area contributed by atoms with Gasteiger partial charge in [-0.05, 0) is 33.8 Å². The number of hydrogen-bond acceptors (Lipinski definition) is 9. The number of nitrogens with zero attached hydrogens (tertiary/aromatic N) is 2. The van der Waals surface area contributed by atoms with E-state index in [2.05, 4.69) is 32.7 Å². The zero-order valence-corrected chi connectivity index (χ0v) is 19.5. The number of nitrogens with one attached hydrogen (secondary N) is 1. The first kappa shape index (κ1) is 22.6. The standard InChI is InChI=1S/C16H24IN4O7P/c1-8(2)26-13(22)9(3)20-29(24)25-7-10-12(28-29)16(4,17)14(27-10)21-6-5-11(18)19-15(21)23/h5-6,8-10,12,14H,7H2,1-4H3,(H,20,24)(H2,18,19,23)/t9-,10+,12+,14+,16+,29+/m0/s1. The van der Waals surface area contributed by atoms with Crippen molar-refractivity contribution in [3.63, 3.8) is 0 Å². The number of halogens is 1. The SMILES string of the molecule is CC(C)OC(=O)[C@H](C)N[P@@]1(=O)OC[C@H]2O[C@@H](n3ccc(N)nc3=O)[C@](C)(I)[C@@H]2O1. The summed E-state index contributed by atoms with van der Waals surface area (Å²) in [4.78, 5) is 28.0.